The Bertz CT molecular complexity index is 1130. The normalized spacial score (nSPS) is 14.6. The van der Waals surface area contributed by atoms with Crippen molar-refractivity contribution in [2.45, 2.75) is 32.2 Å². The Hall–Kier alpha value is -3.40. The molecule has 3 aromatic carbocycles. The second-order valence-corrected chi connectivity index (χ2v) is 8.31. The van der Waals surface area contributed by atoms with Crippen molar-refractivity contribution in [3.05, 3.63) is 106 Å². The van der Waals surface area contributed by atoms with Crippen molar-refractivity contribution in [3.8, 4) is 0 Å². The monoisotopic (exact) mass is 401 g/mol. The Morgan fingerprint density at radius 2 is 1.83 bits per heavy atom. The number of hydrogen-bond acceptors (Lipinski definition) is 2. The number of fused-ring (bicyclic) bond motifs is 1. The Balaban J connectivity index is 1.63. The van der Waals surface area contributed by atoms with E-state index in [1.165, 1.54) is 34.4 Å². The summed E-state index contributed by atoms with van der Waals surface area (Å²) in [6, 6.07) is 20.7. The molecule has 152 valence electrons. The molecule has 0 atom stereocenters. The molecule has 30 heavy (non-hydrogen) atoms. The van der Waals surface area contributed by atoms with Gasteiger partial charge in [-0.2, -0.15) is 0 Å². The fourth-order valence-corrected chi connectivity index (χ4v) is 3.97. The van der Waals surface area contributed by atoms with Crippen molar-refractivity contribution in [1.82, 2.24) is 0 Å². The second kappa shape index (κ2) is 7.79. The van der Waals surface area contributed by atoms with E-state index < -0.39 is 11.8 Å². The minimum atomic E-state index is -1.14. The number of allylic oxidation sites excluding steroid dienone is 1. The Labute approximate surface area is 175 Å². The molecule has 1 aliphatic carbocycles. The summed E-state index contributed by atoms with van der Waals surface area (Å²) in [7, 11) is 0. The molecule has 0 amide bonds. The first-order valence-corrected chi connectivity index (χ1v) is 10.0. The SMILES string of the molecule is CC1(C)CC=C(c2ccccc2)c2cc(CNc3ccc(C(=O)O)cc3F)ccc21. The van der Waals surface area contributed by atoms with E-state index in [-0.39, 0.29) is 16.7 Å². The summed E-state index contributed by atoms with van der Waals surface area (Å²) >= 11 is 0. The molecule has 0 radical (unpaired) electrons. The van der Waals surface area contributed by atoms with Crippen molar-refractivity contribution in [2.24, 2.45) is 0 Å². The molecule has 4 heteroatoms. The van der Waals surface area contributed by atoms with Crippen LogP contribution < -0.4 is 5.32 Å². The van der Waals surface area contributed by atoms with Gasteiger partial charge in [0, 0.05) is 6.54 Å². The lowest BCUT2D eigenvalue weighted by Gasteiger charge is -2.32. The number of carboxylic acids is 1. The zero-order valence-corrected chi connectivity index (χ0v) is 17.1. The van der Waals surface area contributed by atoms with Crippen LogP contribution in [0, 0.1) is 5.82 Å². The molecule has 0 aromatic heterocycles. The summed E-state index contributed by atoms with van der Waals surface area (Å²) in [6.45, 7) is 4.95. The molecular weight excluding hydrogens is 377 g/mol. The largest absolute Gasteiger partial charge is 0.478 e. The van der Waals surface area contributed by atoms with E-state index in [1.54, 1.807) is 0 Å². The number of halogens is 1. The van der Waals surface area contributed by atoms with Gasteiger partial charge in [-0.25, -0.2) is 9.18 Å². The Kier molecular flexibility index (Phi) is 5.17. The number of nitrogens with one attached hydrogen (secondary N) is 1. The second-order valence-electron chi connectivity index (χ2n) is 8.31. The molecule has 2 N–H and O–H groups in total. The number of carbonyl (C=O) groups is 1. The quantitative estimate of drug-likeness (QED) is 0.531. The zero-order valence-electron chi connectivity index (χ0n) is 17.1. The number of anilines is 1. The number of rotatable bonds is 5. The van der Waals surface area contributed by atoms with Crippen LogP contribution in [-0.2, 0) is 12.0 Å². The molecule has 0 heterocycles. The Morgan fingerprint density at radius 1 is 1.07 bits per heavy atom. The molecule has 1 aliphatic rings. The van der Waals surface area contributed by atoms with Gasteiger partial charge < -0.3 is 10.4 Å². The number of aromatic carboxylic acids is 1. The Morgan fingerprint density at radius 3 is 2.53 bits per heavy atom. The lowest BCUT2D eigenvalue weighted by atomic mass is 9.72. The minimum Gasteiger partial charge on any atom is -0.478 e. The molecule has 0 fully saturated rings. The molecule has 0 aliphatic heterocycles. The van der Waals surface area contributed by atoms with Crippen LogP contribution in [-0.4, -0.2) is 11.1 Å². The molecule has 4 rings (SSSR count). The number of benzene rings is 3. The summed E-state index contributed by atoms with van der Waals surface area (Å²) in [4.78, 5) is 11.0. The van der Waals surface area contributed by atoms with Gasteiger partial charge in [-0.3, -0.25) is 0 Å². The fourth-order valence-electron chi connectivity index (χ4n) is 3.97. The summed E-state index contributed by atoms with van der Waals surface area (Å²) in [6.07, 6.45) is 3.28. The average molecular weight is 401 g/mol. The summed E-state index contributed by atoms with van der Waals surface area (Å²) < 4.78 is 14.2. The van der Waals surface area contributed by atoms with Crippen LogP contribution in [0.5, 0.6) is 0 Å². The van der Waals surface area contributed by atoms with Gasteiger partial charge in [0.1, 0.15) is 5.82 Å². The topological polar surface area (TPSA) is 49.3 Å². The molecular formula is C26H24FNO2. The van der Waals surface area contributed by atoms with Gasteiger partial charge in [0.05, 0.1) is 11.3 Å². The first-order chi connectivity index (χ1) is 14.3. The smallest absolute Gasteiger partial charge is 0.335 e. The van der Waals surface area contributed by atoms with Gasteiger partial charge in [-0.15, -0.1) is 0 Å². The van der Waals surface area contributed by atoms with E-state index in [0.29, 0.717) is 6.54 Å². The van der Waals surface area contributed by atoms with Crippen LogP contribution >= 0.6 is 0 Å². The highest BCUT2D eigenvalue weighted by atomic mass is 19.1. The molecule has 3 nitrogen and oxygen atoms in total. The van der Waals surface area contributed by atoms with E-state index in [9.17, 15) is 9.18 Å². The highest BCUT2D eigenvalue weighted by molar-refractivity contribution is 5.88. The molecule has 3 aromatic rings. The van der Waals surface area contributed by atoms with E-state index >= 15 is 0 Å². The predicted molar refractivity (Wildman–Crippen MR) is 118 cm³/mol. The lowest BCUT2D eigenvalue weighted by Crippen LogP contribution is -2.22. The van der Waals surface area contributed by atoms with Crippen LogP contribution in [0.1, 0.15) is 52.9 Å². The van der Waals surface area contributed by atoms with Crippen LogP contribution in [0.3, 0.4) is 0 Å². The molecule has 0 spiro atoms. The lowest BCUT2D eigenvalue weighted by molar-refractivity contribution is 0.0696. The van der Waals surface area contributed by atoms with Gasteiger partial charge in [0.15, 0.2) is 0 Å². The van der Waals surface area contributed by atoms with Crippen molar-refractivity contribution >= 4 is 17.2 Å². The molecule has 0 saturated heterocycles. The van der Waals surface area contributed by atoms with Crippen molar-refractivity contribution in [1.29, 1.82) is 0 Å². The summed E-state index contributed by atoms with van der Waals surface area (Å²) in [5, 5.41) is 12.1. The minimum absolute atomic E-state index is 0.0539. The van der Waals surface area contributed by atoms with E-state index in [0.717, 1.165) is 18.1 Å². The van der Waals surface area contributed by atoms with Crippen molar-refractivity contribution in [3.63, 3.8) is 0 Å². The van der Waals surface area contributed by atoms with Gasteiger partial charge >= 0.3 is 5.97 Å². The molecule has 0 bridgehead atoms. The first kappa shape index (κ1) is 19.9. The van der Waals surface area contributed by atoms with Crippen LogP contribution in [0.4, 0.5) is 10.1 Å². The first-order valence-electron chi connectivity index (χ1n) is 10.0. The van der Waals surface area contributed by atoms with Crippen molar-refractivity contribution < 1.29 is 14.3 Å². The standard InChI is InChI=1S/C26H24FNO2/c1-26(2)13-12-20(18-6-4-3-5-7-18)21-14-17(8-10-22(21)26)16-28-24-11-9-19(25(29)30)15-23(24)27/h3-12,14-15,28H,13,16H2,1-2H3,(H,29,30). The zero-order chi connectivity index (χ0) is 21.3. The predicted octanol–water partition coefficient (Wildman–Crippen LogP) is 6.25. The van der Waals surface area contributed by atoms with Gasteiger partial charge in [0.25, 0.3) is 0 Å². The molecule has 0 saturated carbocycles. The summed E-state index contributed by atoms with van der Waals surface area (Å²) in [5.41, 5.74) is 6.25. The number of hydrogen-bond donors (Lipinski definition) is 2. The maximum absolute atomic E-state index is 14.2. The highest BCUT2D eigenvalue weighted by Gasteiger charge is 2.28. The number of carboxylic acid groups (broad SMARTS) is 1. The van der Waals surface area contributed by atoms with E-state index in [2.05, 4.69) is 55.6 Å². The average Bonchev–Trinajstić information content (AvgIpc) is 2.73. The third kappa shape index (κ3) is 3.86. The maximum Gasteiger partial charge on any atom is 0.335 e. The van der Waals surface area contributed by atoms with E-state index in [1.807, 2.05) is 18.2 Å². The van der Waals surface area contributed by atoms with Gasteiger partial charge in [0.2, 0.25) is 0 Å². The van der Waals surface area contributed by atoms with Crippen LogP contribution in [0.25, 0.3) is 5.57 Å². The van der Waals surface area contributed by atoms with Crippen molar-refractivity contribution in [2.75, 3.05) is 5.32 Å². The van der Waals surface area contributed by atoms with Gasteiger partial charge in [-0.1, -0.05) is 62.4 Å². The summed E-state index contributed by atoms with van der Waals surface area (Å²) in [5.74, 6) is -1.71. The van der Waals surface area contributed by atoms with Crippen LogP contribution in [0.15, 0.2) is 72.8 Å². The third-order valence-corrected chi connectivity index (χ3v) is 5.70. The third-order valence-electron chi connectivity index (χ3n) is 5.70. The molecule has 0 unspecified atom stereocenters. The highest BCUT2D eigenvalue weighted by Crippen LogP contribution is 2.41. The maximum atomic E-state index is 14.2. The van der Waals surface area contributed by atoms with E-state index in [4.69, 9.17) is 5.11 Å². The van der Waals surface area contributed by atoms with Gasteiger partial charge in [-0.05, 0) is 63.9 Å². The fraction of sp³-hybridized carbons (Fsp3) is 0.192. The van der Waals surface area contributed by atoms with Crippen LogP contribution in [0.2, 0.25) is 0 Å².